The third kappa shape index (κ3) is 4.14. The summed E-state index contributed by atoms with van der Waals surface area (Å²) in [4.78, 5) is 27.8. The molecule has 4 atom stereocenters. The molecular formula is C24H33NO5. The Labute approximate surface area is 178 Å². The Balaban J connectivity index is 1.49. The van der Waals surface area contributed by atoms with Crippen molar-refractivity contribution >= 4 is 12.1 Å². The van der Waals surface area contributed by atoms with E-state index in [2.05, 4.69) is 0 Å². The minimum absolute atomic E-state index is 0.0673. The molecule has 0 spiro atoms. The van der Waals surface area contributed by atoms with Crippen molar-refractivity contribution in [3.8, 4) is 5.75 Å². The molecule has 3 aliphatic rings. The van der Waals surface area contributed by atoms with Crippen LogP contribution >= 0.6 is 0 Å². The van der Waals surface area contributed by atoms with Gasteiger partial charge in [-0.25, -0.2) is 4.79 Å². The number of nitrogens with zero attached hydrogens (tertiary/aromatic N) is 1. The molecule has 6 heteroatoms. The van der Waals surface area contributed by atoms with Crippen LogP contribution in [0.15, 0.2) is 24.3 Å². The van der Waals surface area contributed by atoms with Crippen molar-refractivity contribution in [1.82, 2.24) is 4.90 Å². The summed E-state index contributed by atoms with van der Waals surface area (Å²) in [6.45, 7) is 5.58. The third-order valence-corrected chi connectivity index (χ3v) is 6.75. The number of benzene rings is 1. The molecule has 4 rings (SSSR count). The summed E-state index contributed by atoms with van der Waals surface area (Å²) in [6, 6.07) is 7.02. The van der Waals surface area contributed by atoms with Crippen LogP contribution in [0.25, 0.3) is 0 Å². The fourth-order valence-electron chi connectivity index (χ4n) is 5.50. The van der Waals surface area contributed by atoms with Gasteiger partial charge in [0.05, 0.1) is 12.0 Å². The normalized spacial score (nSPS) is 27.3. The number of hydrogen-bond donors (Lipinski definition) is 1. The third-order valence-electron chi connectivity index (χ3n) is 6.75. The molecule has 164 valence electrons. The van der Waals surface area contributed by atoms with E-state index >= 15 is 0 Å². The van der Waals surface area contributed by atoms with Crippen molar-refractivity contribution < 1.29 is 24.2 Å². The second-order valence-corrected chi connectivity index (χ2v) is 9.98. The van der Waals surface area contributed by atoms with Gasteiger partial charge >= 0.3 is 12.1 Å². The molecule has 1 amide bonds. The number of carbonyl (C=O) groups is 2. The first-order chi connectivity index (χ1) is 14.2. The van der Waals surface area contributed by atoms with Gasteiger partial charge in [0.25, 0.3) is 0 Å². The second kappa shape index (κ2) is 8.12. The maximum atomic E-state index is 13.4. The van der Waals surface area contributed by atoms with Crippen molar-refractivity contribution in [3.63, 3.8) is 0 Å². The predicted molar refractivity (Wildman–Crippen MR) is 112 cm³/mol. The van der Waals surface area contributed by atoms with Gasteiger partial charge < -0.3 is 14.6 Å². The van der Waals surface area contributed by atoms with Gasteiger partial charge in [0, 0.05) is 18.0 Å². The number of phenols is 1. The zero-order valence-electron chi connectivity index (χ0n) is 18.2. The molecule has 2 aliphatic heterocycles. The van der Waals surface area contributed by atoms with E-state index in [1.165, 1.54) is 0 Å². The monoisotopic (exact) mass is 415 g/mol. The van der Waals surface area contributed by atoms with E-state index in [0.29, 0.717) is 12.0 Å². The zero-order valence-corrected chi connectivity index (χ0v) is 18.2. The molecule has 3 fully saturated rings. The molecule has 2 bridgehead atoms. The Morgan fingerprint density at radius 3 is 2.47 bits per heavy atom. The summed E-state index contributed by atoms with van der Waals surface area (Å²) in [5.74, 6) is -0.395. The van der Waals surface area contributed by atoms with Crippen molar-refractivity contribution in [2.45, 2.75) is 95.4 Å². The molecular weight excluding hydrogens is 382 g/mol. The Kier molecular flexibility index (Phi) is 5.69. The van der Waals surface area contributed by atoms with Gasteiger partial charge in [0.15, 0.2) is 0 Å². The molecule has 2 saturated heterocycles. The van der Waals surface area contributed by atoms with Crippen molar-refractivity contribution in [3.05, 3.63) is 29.8 Å². The molecule has 1 saturated carbocycles. The Morgan fingerprint density at radius 1 is 1.10 bits per heavy atom. The first-order valence-corrected chi connectivity index (χ1v) is 11.2. The first-order valence-electron chi connectivity index (χ1n) is 11.2. The minimum Gasteiger partial charge on any atom is -0.508 e. The van der Waals surface area contributed by atoms with Gasteiger partial charge in [-0.1, -0.05) is 31.0 Å². The minimum atomic E-state index is -0.552. The highest BCUT2D eigenvalue weighted by atomic mass is 16.6. The summed E-state index contributed by atoms with van der Waals surface area (Å²) in [6.07, 6.45) is 5.92. The number of rotatable bonds is 4. The van der Waals surface area contributed by atoms with Crippen LogP contribution in [-0.2, 0) is 14.3 Å². The Hall–Kier alpha value is -2.24. The fourth-order valence-corrected chi connectivity index (χ4v) is 5.50. The van der Waals surface area contributed by atoms with E-state index < -0.39 is 11.5 Å². The van der Waals surface area contributed by atoms with Crippen LogP contribution in [0.2, 0.25) is 0 Å². The number of hydrogen-bond acceptors (Lipinski definition) is 5. The van der Waals surface area contributed by atoms with Crippen LogP contribution in [0, 0.1) is 5.92 Å². The summed E-state index contributed by atoms with van der Waals surface area (Å²) in [7, 11) is 0. The number of carbonyl (C=O) groups excluding carboxylic acids is 2. The van der Waals surface area contributed by atoms with Gasteiger partial charge in [-0.05, 0) is 58.4 Å². The molecule has 1 aromatic rings. The molecule has 1 aliphatic carbocycles. The Morgan fingerprint density at radius 2 is 1.80 bits per heavy atom. The standard InChI is InChI=1S/C24H33NO5/c1-24(2,3)30-23(28)25-16-12-13-18(25)20(14-16)29-22(27)21(15-8-4-5-9-15)17-10-6-7-11-19(17)26/h6-7,10-11,15-16,18,20-21,26H,4-5,8-9,12-14H2,1-3H3/t16-,18-,20-,21-/m1/s1. The highest BCUT2D eigenvalue weighted by Gasteiger charge is 2.52. The lowest BCUT2D eigenvalue weighted by Gasteiger charge is -2.29. The number of esters is 1. The van der Waals surface area contributed by atoms with E-state index in [1.807, 2.05) is 32.9 Å². The lowest BCUT2D eigenvalue weighted by molar-refractivity contribution is -0.154. The van der Waals surface area contributed by atoms with E-state index in [4.69, 9.17) is 9.47 Å². The average Bonchev–Trinajstić information content (AvgIpc) is 3.38. The molecule has 0 aromatic heterocycles. The molecule has 30 heavy (non-hydrogen) atoms. The molecule has 1 N–H and O–H groups in total. The number of para-hydroxylation sites is 1. The lowest BCUT2D eigenvalue weighted by atomic mass is 9.84. The van der Waals surface area contributed by atoms with Crippen molar-refractivity contribution in [2.75, 3.05) is 0 Å². The number of fused-ring (bicyclic) bond motifs is 2. The Bertz CT molecular complexity index is 795. The number of amides is 1. The SMILES string of the molecule is CC(C)(C)OC(=O)N1[C@@H]2CC[C@@H]1[C@H](OC(=O)[C@@H](c1ccccc1O)C1CCCC1)C2. The number of phenolic OH excluding ortho intramolecular Hbond substituents is 1. The van der Waals surface area contributed by atoms with Gasteiger partial charge in [0.2, 0.25) is 0 Å². The summed E-state index contributed by atoms with van der Waals surface area (Å²) in [5.41, 5.74) is 0.102. The topological polar surface area (TPSA) is 76.1 Å². The van der Waals surface area contributed by atoms with Crippen LogP contribution in [0.5, 0.6) is 5.75 Å². The highest BCUT2D eigenvalue weighted by molar-refractivity contribution is 5.80. The molecule has 0 radical (unpaired) electrons. The second-order valence-electron chi connectivity index (χ2n) is 9.98. The van der Waals surface area contributed by atoms with Crippen LogP contribution in [-0.4, -0.2) is 45.9 Å². The average molecular weight is 416 g/mol. The summed E-state index contributed by atoms with van der Waals surface area (Å²) in [5, 5.41) is 10.4. The van der Waals surface area contributed by atoms with Crippen LogP contribution in [0.3, 0.4) is 0 Å². The lowest BCUT2D eigenvalue weighted by Crippen LogP contribution is -2.42. The van der Waals surface area contributed by atoms with E-state index in [-0.39, 0.29) is 41.9 Å². The summed E-state index contributed by atoms with van der Waals surface area (Å²) < 4.78 is 11.6. The van der Waals surface area contributed by atoms with Gasteiger partial charge in [-0.2, -0.15) is 0 Å². The number of ether oxygens (including phenoxy) is 2. The molecule has 0 unspecified atom stereocenters. The largest absolute Gasteiger partial charge is 0.508 e. The van der Waals surface area contributed by atoms with Gasteiger partial charge in [-0.3, -0.25) is 9.69 Å². The quantitative estimate of drug-likeness (QED) is 0.718. The van der Waals surface area contributed by atoms with Crippen LogP contribution in [0.4, 0.5) is 4.79 Å². The first kappa shape index (κ1) is 21.0. The van der Waals surface area contributed by atoms with E-state index in [0.717, 1.165) is 38.5 Å². The molecule has 2 heterocycles. The maximum Gasteiger partial charge on any atom is 0.410 e. The fraction of sp³-hybridized carbons (Fsp3) is 0.667. The highest BCUT2D eigenvalue weighted by Crippen LogP contribution is 2.44. The van der Waals surface area contributed by atoms with Crippen molar-refractivity contribution in [1.29, 1.82) is 0 Å². The maximum absolute atomic E-state index is 13.4. The van der Waals surface area contributed by atoms with Crippen molar-refractivity contribution in [2.24, 2.45) is 5.92 Å². The summed E-state index contributed by atoms with van der Waals surface area (Å²) >= 11 is 0. The number of aromatic hydroxyl groups is 1. The zero-order chi connectivity index (χ0) is 21.5. The van der Waals surface area contributed by atoms with E-state index in [1.54, 1.807) is 17.0 Å². The smallest absolute Gasteiger partial charge is 0.410 e. The van der Waals surface area contributed by atoms with E-state index in [9.17, 15) is 14.7 Å². The molecule has 6 nitrogen and oxygen atoms in total. The van der Waals surface area contributed by atoms with Crippen LogP contribution in [0.1, 0.15) is 77.2 Å². The molecule has 1 aromatic carbocycles. The van der Waals surface area contributed by atoms with Crippen LogP contribution < -0.4 is 0 Å². The predicted octanol–water partition coefficient (Wildman–Crippen LogP) is 4.75. The van der Waals surface area contributed by atoms with Gasteiger partial charge in [0.1, 0.15) is 17.5 Å². The van der Waals surface area contributed by atoms with Gasteiger partial charge in [-0.15, -0.1) is 0 Å².